The van der Waals surface area contributed by atoms with Crippen LogP contribution in [0.25, 0.3) is 0 Å². The van der Waals surface area contributed by atoms with Crippen molar-refractivity contribution in [2.45, 2.75) is 19.1 Å². The summed E-state index contributed by atoms with van der Waals surface area (Å²) in [6.07, 6.45) is -0.361. The fraction of sp³-hybridized carbons (Fsp3) is 0.750. The monoisotopic (exact) mass is 302 g/mol. The van der Waals surface area contributed by atoms with Crippen LogP contribution in [0.3, 0.4) is 0 Å². The predicted octanol–water partition coefficient (Wildman–Crippen LogP) is -1.41. The number of methoxy groups -OCH3 is 2. The average molecular weight is 302 g/mol. The van der Waals surface area contributed by atoms with Crippen LogP contribution in [0.5, 0.6) is 0 Å². The Morgan fingerprint density at radius 3 is 2.81 bits per heavy atom. The molecule has 0 spiro atoms. The van der Waals surface area contributed by atoms with Crippen LogP contribution >= 0.6 is 0 Å². The van der Waals surface area contributed by atoms with Gasteiger partial charge in [0.25, 0.3) is 0 Å². The van der Waals surface area contributed by atoms with E-state index in [1.54, 1.807) is 7.11 Å². The maximum absolute atomic E-state index is 11.6. The standard InChI is InChI=1S/C12H22N4O5/c1-19-5-6-21-8-9(17)7-16-10(3-4-13)11(14-15-16)12(18)20-2/h9,17H,3-8,13H2,1-2H3. The van der Waals surface area contributed by atoms with Crippen LogP contribution in [0.1, 0.15) is 16.2 Å². The molecule has 0 saturated carbocycles. The van der Waals surface area contributed by atoms with Crippen molar-refractivity contribution in [3.05, 3.63) is 11.4 Å². The zero-order valence-electron chi connectivity index (χ0n) is 12.3. The molecule has 1 heterocycles. The molecule has 21 heavy (non-hydrogen) atoms. The third-order valence-electron chi connectivity index (χ3n) is 2.72. The van der Waals surface area contributed by atoms with Crippen molar-refractivity contribution in [3.63, 3.8) is 0 Å². The van der Waals surface area contributed by atoms with E-state index in [1.165, 1.54) is 11.8 Å². The maximum atomic E-state index is 11.6. The molecule has 0 saturated heterocycles. The van der Waals surface area contributed by atoms with Gasteiger partial charge in [0.05, 0.1) is 45.3 Å². The number of esters is 1. The first-order chi connectivity index (χ1) is 10.1. The summed E-state index contributed by atoms with van der Waals surface area (Å²) in [5.41, 5.74) is 6.18. The third-order valence-corrected chi connectivity index (χ3v) is 2.72. The van der Waals surface area contributed by atoms with E-state index in [2.05, 4.69) is 15.0 Å². The molecular weight excluding hydrogens is 280 g/mol. The first kappa shape index (κ1) is 17.5. The van der Waals surface area contributed by atoms with Gasteiger partial charge < -0.3 is 25.1 Å². The molecule has 0 aliphatic rings. The van der Waals surface area contributed by atoms with Gasteiger partial charge in [-0.1, -0.05) is 5.21 Å². The number of rotatable bonds is 10. The molecule has 1 rings (SSSR count). The smallest absolute Gasteiger partial charge is 0.360 e. The van der Waals surface area contributed by atoms with Gasteiger partial charge in [0.2, 0.25) is 0 Å². The topological polar surface area (TPSA) is 122 Å². The molecule has 9 heteroatoms. The molecule has 9 nitrogen and oxygen atoms in total. The summed E-state index contributed by atoms with van der Waals surface area (Å²) in [6.45, 7) is 1.48. The number of carbonyl (C=O) groups is 1. The number of hydrogen-bond donors (Lipinski definition) is 2. The average Bonchev–Trinajstić information content (AvgIpc) is 2.86. The first-order valence-electron chi connectivity index (χ1n) is 6.59. The second-order valence-corrected chi connectivity index (χ2v) is 4.32. The van der Waals surface area contributed by atoms with E-state index in [1.807, 2.05) is 0 Å². The van der Waals surface area contributed by atoms with E-state index in [-0.39, 0.29) is 18.8 Å². The Hall–Kier alpha value is -1.55. The van der Waals surface area contributed by atoms with E-state index < -0.39 is 12.1 Å². The summed E-state index contributed by atoms with van der Waals surface area (Å²) in [5, 5.41) is 17.5. The van der Waals surface area contributed by atoms with Crippen LogP contribution in [0, 0.1) is 0 Å². The fourth-order valence-corrected chi connectivity index (χ4v) is 1.73. The van der Waals surface area contributed by atoms with Gasteiger partial charge in [-0.25, -0.2) is 9.48 Å². The molecule has 0 bridgehead atoms. The lowest BCUT2D eigenvalue weighted by Crippen LogP contribution is -2.25. The van der Waals surface area contributed by atoms with Crippen LogP contribution in [-0.4, -0.2) is 72.8 Å². The van der Waals surface area contributed by atoms with Crippen molar-refractivity contribution in [1.29, 1.82) is 0 Å². The van der Waals surface area contributed by atoms with Gasteiger partial charge in [0.1, 0.15) is 0 Å². The van der Waals surface area contributed by atoms with Gasteiger partial charge in [-0.3, -0.25) is 0 Å². The molecule has 1 unspecified atom stereocenters. The van der Waals surface area contributed by atoms with Crippen molar-refractivity contribution in [3.8, 4) is 0 Å². The van der Waals surface area contributed by atoms with Crippen LogP contribution in [0.2, 0.25) is 0 Å². The highest BCUT2D eigenvalue weighted by Crippen LogP contribution is 2.08. The SMILES string of the molecule is COCCOCC(O)Cn1nnc(C(=O)OC)c1CCN. The number of nitrogens with two attached hydrogens (primary N) is 1. The fourth-order valence-electron chi connectivity index (χ4n) is 1.73. The second kappa shape index (κ2) is 9.40. The molecule has 1 aromatic rings. The normalized spacial score (nSPS) is 12.4. The van der Waals surface area contributed by atoms with Crippen molar-refractivity contribution < 1.29 is 24.1 Å². The molecule has 0 aliphatic heterocycles. The van der Waals surface area contributed by atoms with Crippen LogP contribution in [0.4, 0.5) is 0 Å². The minimum absolute atomic E-state index is 0.121. The van der Waals surface area contributed by atoms with E-state index >= 15 is 0 Å². The molecule has 0 fully saturated rings. The van der Waals surface area contributed by atoms with E-state index in [9.17, 15) is 9.90 Å². The predicted molar refractivity (Wildman–Crippen MR) is 72.8 cm³/mol. The Kier molecular flexibility index (Phi) is 7.83. The maximum Gasteiger partial charge on any atom is 0.360 e. The molecule has 0 aliphatic carbocycles. The number of aromatic nitrogens is 3. The molecule has 0 amide bonds. The van der Waals surface area contributed by atoms with Gasteiger partial charge in [0.15, 0.2) is 5.69 Å². The second-order valence-electron chi connectivity index (χ2n) is 4.32. The minimum Gasteiger partial charge on any atom is -0.464 e. The van der Waals surface area contributed by atoms with Crippen molar-refractivity contribution >= 4 is 5.97 Å². The van der Waals surface area contributed by atoms with Gasteiger partial charge in [-0.2, -0.15) is 0 Å². The zero-order valence-corrected chi connectivity index (χ0v) is 12.3. The van der Waals surface area contributed by atoms with Crippen LogP contribution in [-0.2, 0) is 27.2 Å². The summed E-state index contributed by atoms with van der Waals surface area (Å²) < 4.78 is 16.2. The number of carbonyl (C=O) groups excluding carboxylic acids is 1. The molecule has 1 atom stereocenters. The van der Waals surface area contributed by atoms with Crippen molar-refractivity contribution in [2.24, 2.45) is 5.73 Å². The Labute approximate surface area is 123 Å². The first-order valence-corrected chi connectivity index (χ1v) is 6.59. The summed E-state index contributed by atoms with van der Waals surface area (Å²) in [6, 6.07) is 0. The van der Waals surface area contributed by atoms with Crippen molar-refractivity contribution in [1.82, 2.24) is 15.0 Å². The molecule has 1 aromatic heterocycles. The lowest BCUT2D eigenvalue weighted by molar-refractivity contribution is 0.00548. The molecule has 3 N–H and O–H groups in total. The lowest BCUT2D eigenvalue weighted by atomic mass is 10.2. The summed E-state index contributed by atoms with van der Waals surface area (Å²) in [5.74, 6) is -0.574. The Balaban J connectivity index is 2.65. The quantitative estimate of drug-likeness (QED) is 0.399. The van der Waals surface area contributed by atoms with E-state index in [0.29, 0.717) is 31.9 Å². The number of aliphatic hydroxyl groups excluding tert-OH is 1. The number of aliphatic hydroxyl groups is 1. The molecular formula is C12H22N4O5. The Morgan fingerprint density at radius 1 is 1.43 bits per heavy atom. The summed E-state index contributed by atoms with van der Waals surface area (Å²) in [7, 11) is 2.84. The number of nitrogens with zero attached hydrogens (tertiary/aromatic N) is 3. The minimum atomic E-state index is -0.773. The van der Waals surface area contributed by atoms with E-state index in [0.717, 1.165) is 0 Å². The lowest BCUT2D eigenvalue weighted by Gasteiger charge is -2.13. The summed E-state index contributed by atoms with van der Waals surface area (Å²) >= 11 is 0. The van der Waals surface area contributed by atoms with Gasteiger partial charge >= 0.3 is 5.97 Å². The highest BCUT2D eigenvalue weighted by Gasteiger charge is 2.21. The third kappa shape index (κ3) is 5.38. The van der Waals surface area contributed by atoms with Gasteiger partial charge in [0, 0.05) is 13.5 Å². The molecule has 0 radical (unpaired) electrons. The van der Waals surface area contributed by atoms with Crippen LogP contribution < -0.4 is 5.73 Å². The Morgan fingerprint density at radius 2 is 2.19 bits per heavy atom. The molecule has 0 aromatic carbocycles. The van der Waals surface area contributed by atoms with Crippen molar-refractivity contribution in [2.75, 3.05) is 40.6 Å². The largest absolute Gasteiger partial charge is 0.464 e. The highest BCUT2D eigenvalue weighted by atomic mass is 16.5. The van der Waals surface area contributed by atoms with Crippen LogP contribution in [0.15, 0.2) is 0 Å². The van der Waals surface area contributed by atoms with Gasteiger partial charge in [-0.15, -0.1) is 5.10 Å². The summed E-state index contributed by atoms with van der Waals surface area (Å²) in [4.78, 5) is 11.6. The Bertz CT molecular complexity index is 437. The van der Waals surface area contributed by atoms with E-state index in [4.69, 9.17) is 15.2 Å². The molecule has 120 valence electrons. The number of hydrogen-bond acceptors (Lipinski definition) is 8. The number of ether oxygens (including phenoxy) is 3. The highest BCUT2D eigenvalue weighted by molar-refractivity contribution is 5.88. The zero-order chi connectivity index (χ0) is 15.7. The van der Waals surface area contributed by atoms with Gasteiger partial charge in [-0.05, 0) is 6.54 Å².